The van der Waals surface area contributed by atoms with Crippen molar-refractivity contribution in [3.8, 4) is 22.4 Å². The molecular formula is C36H26NP. The van der Waals surface area contributed by atoms with Gasteiger partial charge in [-0.15, -0.1) is 0 Å². The summed E-state index contributed by atoms with van der Waals surface area (Å²) in [5, 5.41) is 7.87. The summed E-state index contributed by atoms with van der Waals surface area (Å²) in [5.41, 5.74) is 6.11. The van der Waals surface area contributed by atoms with Crippen LogP contribution in [0.2, 0.25) is 0 Å². The van der Waals surface area contributed by atoms with Crippen LogP contribution in [0, 0.1) is 0 Å². The number of benzene rings is 6. The molecule has 0 saturated heterocycles. The fourth-order valence-corrected chi connectivity index (χ4v) is 7.99. The van der Waals surface area contributed by atoms with E-state index < -0.39 is 7.92 Å². The first kappa shape index (κ1) is 22.7. The minimum Gasteiger partial charge on any atom is -0.354 e. The average Bonchev–Trinajstić information content (AvgIpc) is 3.38. The number of rotatable bonds is 5. The second-order valence-electron chi connectivity index (χ2n) is 9.47. The standard InChI is InChI=1S/C36H26NP/c1-4-15-27(16-5-1)36-35(31-22-12-13-23-32(31)37-36)34-30-21-11-10-14-26(30)24-25-33(34)38(28-17-6-2-7-18-28)29-19-8-3-9-20-29/h1-25,37H. The zero-order valence-corrected chi connectivity index (χ0v) is 21.8. The topological polar surface area (TPSA) is 15.8 Å². The van der Waals surface area contributed by atoms with Gasteiger partial charge in [0, 0.05) is 22.0 Å². The molecule has 1 aromatic heterocycles. The van der Waals surface area contributed by atoms with E-state index in [1.54, 1.807) is 0 Å². The highest BCUT2D eigenvalue weighted by molar-refractivity contribution is 7.80. The first-order valence-electron chi connectivity index (χ1n) is 13.0. The van der Waals surface area contributed by atoms with Gasteiger partial charge in [-0.3, -0.25) is 0 Å². The maximum Gasteiger partial charge on any atom is 0.0545 e. The van der Waals surface area contributed by atoms with E-state index >= 15 is 0 Å². The van der Waals surface area contributed by atoms with E-state index in [1.807, 2.05) is 0 Å². The SMILES string of the molecule is c1ccc(-c2[nH]c3ccccc3c2-c2c(P(c3ccccc3)c3ccccc3)ccc3ccccc23)cc1. The van der Waals surface area contributed by atoms with Gasteiger partial charge in [-0.05, 0) is 46.2 Å². The number of aromatic amines is 1. The van der Waals surface area contributed by atoms with Crippen molar-refractivity contribution >= 4 is 45.5 Å². The van der Waals surface area contributed by atoms with Crippen LogP contribution in [0.4, 0.5) is 0 Å². The summed E-state index contributed by atoms with van der Waals surface area (Å²) in [4.78, 5) is 3.80. The van der Waals surface area contributed by atoms with Gasteiger partial charge >= 0.3 is 0 Å². The number of hydrogen-bond donors (Lipinski definition) is 1. The molecule has 0 aliphatic heterocycles. The van der Waals surface area contributed by atoms with Crippen LogP contribution in [0.3, 0.4) is 0 Å². The molecule has 1 heterocycles. The number of fused-ring (bicyclic) bond motifs is 2. The van der Waals surface area contributed by atoms with Crippen LogP contribution in [-0.4, -0.2) is 4.98 Å². The third-order valence-electron chi connectivity index (χ3n) is 7.20. The zero-order valence-electron chi connectivity index (χ0n) is 20.9. The van der Waals surface area contributed by atoms with E-state index in [9.17, 15) is 0 Å². The molecule has 2 heteroatoms. The van der Waals surface area contributed by atoms with Crippen LogP contribution < -0.4 is 15.9 Å². The highest BCUT2D eigenvalue weighted by atomic mass is 31.1. The van der Waals surface area contributed by atoms with E-state index in [0.717, 1.165) is 5.52 Å². The van der Waals surface area contributed by atoms with Crippen LogP contribution >= 0.6 is 7.92 Å². The molecular weight excluding hydrogens is 477 g/mol. The van der Waals surface area contributed by atoms with Crippen molar-refractivity contribution < 1.29 is 0 Å². The highest BCUT2D eigenvalue weighted by Gasteiger charge is 2.25. The molecule has 1 nitrogen and oxygen atoms in total. The molecule has 0 amide bonds. The number of nitrogens with one attached hydrogen (secondary N) is 1. The maximum absolute atomic E-state index is 3.80. The van der Waals surface area contributed by atoms with Gasteiger partial charge in [0.1, 0.15) is 0 Å². The van der Waals surface area contributed by atoms with Gasteiger partial charge in [0.25, 0.3) is 0 Å². The van der Waals surface area contributed by atoms with Crippen LogP contribution in [0.5, 0.6) is 0 Å². The van der Waals surface area contributed by atoms with Crippen molar-refractivity contribution in [2.75, 3.05) is 0 Å². The fourth-order valence-electron chi connectivity index (χ4n) is 5.51. The van der Waals surface area contributed by atoms with Crippen LogP contribution in [-0.2, 0) is 0 Å². The molecule has 0 spiro atoms. The van der Waals surface area contributed by atoms with Gasteiger partial charge in [0.05, 0.1) is 5.69 Å². The smallest absolute Gasteiger partial charge is 0.0545 e. The zero-order chi connectivity index (χ0) is 25.3. The molecule has 6 aromatic carbocycles. The van der Waals surface area contributed by atoms with E-state index in [1.165, 1.54) is 54.5 Å². The Hall–Kier alpha value is -4.45. The molecule has 38 heavy (non-hydrogen) atoms. The van der Waals surface area contributed by atoms with Gasteiger partial charge < -0.3 is 4.98 Å². The highest BCUT2D eigenvalue weighted by Crippen LogP contribution is 2.45. The molecule has 0 radical (unpaired) electrons. The van der Waals surface area contributed by atoms with E-state index in [4.69, 9.17) is 0 Å². The predicted molar refractivity (Wildman–Crippen MR) is 165 cm³/mol. The quantitative estimate of drug-likeness (QED) is 0.227. The minimum absolute atomic E-state index is 0.795. The number of aromatic nitrogens is 1. The molecule has 0 atom stereocenters. The van der Waals surface area contributed by atoms with Crippen molar-refractivity contribution in [1.82, 2.24) is 4.98 Å². The summed E-state index contributed by atoms with van der Waals surface area (Å²) in [6.07, 6.45) is 0. The molecule has 7 rings (SSSR count). The Labute approximate surface area is 224 Å². The monoisotopic (exact) mass is 503 g/mol. The lowest BCUT2D eigenvalue weighted by atomic mass is 9.94. The third-order valence-corrected chi connectivity index (χ3v) is 9.68. The van der Waals surface area contributed by atoms with E-state index in [2.05, 4.69) is 157 Å². The lowest BCUT2D eigenvalue weighted by Gasteiger charge is -2.24. The Balaban J connectivity index is 1.63. The molecule has 180 valence electrons. The Morgan fingerprint density at radius 2 is 0.974 bits per heavy atom. The summed E-state index contributed by atoms with van der Waals surface area (Å²) in [6.45, 7) is 0. The molecule has 0 bridgehead atoms. The van der Waals surface area contributed by atoms with Gasteiger partial charge in [-0.2, -0.15) is 0 Å². The molecule has 0 aliphatic carbocycles. The number of H-pyrrole nitrogens is 1. The largest absolute Gasteiger partial charge is 0.354 e. The molecule has 0 saturated carbocycles. The Bertz CT molecular complexity index is 1820. The Morgan fingerprint density at radius 3 is 1.66 bits per heavy atom. The first-order valence-corrected chi connectivity index (χ1v) is 14.3. The second kappa shape index (κ2) is 9.78. The van der Waals surface area contributed by atoms with Crippen molar-refractivity contribution in [2.24, 2.45) is 0 Å². The van der Waals surface area contributed by atoms with Crippen LogP contribution in [0.1, 0.15) is 0 Å². The van der Waals surface area contributed by atoms with Crippen molar-refractivity contribution in [3.05, 3.63) is 152 Å². The van der Waals surface area contributed by atoms with Gasteiger partial charge in [-0.1, -0.05) is 146 Å². The molecule has 0 aliphatic rings. The lowest BCUT2D eigenvalue weighted by molar-refractivity contribution is 1.45. The predicted octanol–water partition coefficient (Wildman–Crippen LogP) is 8.41. The van der Waals surface area contributed by atoms with Crippen LogP contribution in [0.25, 0.3) is 44.1 Å². The van der Waals surface area contributed by atoms with Crippen molar-refractivity contribution in [1.29, 1.82) is 0 Å². The molecule has 0 fully saturated rings. The van der Waals surface area contributed by atoms with E-state index in [0.29, 0.717) is 0 Å². The van der Waals surface area contributed by atoms with Crippen molar-refractivity contribution in [3.63, 3.8) is 0 Å². The fraction of sp³-hybridized carbons (Fsp3) is 0. The first-order chi connectivity index (χ1) is 18.9. The average molecular weight is 504 g/mol. The summed E-state index contributed by atoms with van der Waals surface area (Å²) < 4.78 is 0. The van der Waals surface area contributed by atoms with Crippen LogP contribution in [0.15, 0.2) is 152 Å². The Kier molecular flexibility index (Phi) is 5.85. The third kappa shape index (κ3) is 3.93. The summed E-state index contributed by atoms with van der Waals surface area (Å²) in [5.74, 6) is 0. The second-order valence-corrected chi connectivity index (χ2v) is 11.7. The molecule has 1 N–H and O–H groups in total. The molecule has 7 aromatic rings. The number of para-hydroxylation sites is 1. The summed E-state index contributed by atoms with van der Waals surface area (Å²) >= 11 is 0. The lowest BCUT2D eigenvalue weighted by Crippen LogP contribution is -2.22. The van der Waals surface area contributed by atoms with Crippen molar-refractivity contribution in [2.45, 2.75) is 0 Å². The Morgan fingerprint density at radius 1 is 0.421 bits per heavy atom. The summed E-state index contributed by atoms with van der Waals surface area (Å²) in [7, 11) is -0.795. The molecule has 0 unspecified atom stereocenters. The van der Waals surface area contributed by atoms with Gasteiger partial charge in [0.2, 0.25) is 0 Å². The van der Waals surface area contributed by atoms with E-state index in [-0.39, 0.29) is 0 Å². The van der Waals surface area contributed by atoms with Gasteiger partial charge in [-0.25, -0.2) is 0 Å². The normalized spacial score (nSPS) is 11.4. The minimum atomic E-state index is -0.795. The summed E-state index contributed by atoms with van der Waals surface area (Å²) in [6, 6.07) is 54.9. The maximum atomic E-state index is 3.80. The number of hydrogen-bond acceptors (Lipinski definition) is 0. The van der Waals surface area contributed by atoms with Gasteiger partial charge in [0.15, 0.2) is 0 Å².